The Bertz CT molecular complexity index is 516. The Morgan fingerprint density at radius 3 is 2.78 bits per heavy atom. The minimum Gasteiger partial charge on any atom is -0.305 e. The van der Waals surface area contributed by atoms with Crippen molar-refractivity contribution in [3.05, 3.63) is 58.9 Å². The Morgan fingerprint density at radius 2 is 2.17 bits per heavy atom. The zero-order chi connectivity index (χ0) is 13.0. The fourth-order valence-corrected chi connectivity index (χ4v) is 1.87. The van der Waals surface area contributed by atoms with Crippen LogP contribution in [0.1, 0.15) is 24.2 Å². The Balaban J connectivity index is 2.40. The minimum atomic E-state index is -0.347. The third kappa shape index (κ3) is 2.83. The Kier molecular flexibility index (Phi) is 4.23. The van der Waals surface area contributed by atoms with Gasteiger partial charge in [0.2, 0.25) is 0 Å². The van der Waals surface area contributed by atoms with Crippen LogP contribution in [0.15, 0.2) is 36.8 Å². The Labute approximate surface area is 110 Å². The zero-order valence-electron chi connectivity index (χ0n) is 9.90. The number of rotatable bonds is 4. The Hall–Kier alpha value is -1.52. The van der Waals surface area contributed by atoms with E-state index >= 15 is 0 Å². The summed E-state index contributed by atoms with van der Waals surface area (Å²) in [5.41, 5.74) is 1.26. The summed E-state index contributed by atoms with van der Waals surface area (Å²) in [5.74, 6) is -0.347. The molecule has 0 spiro atoms. The van der Waals surface area contributed by atoms with Crippen molar-refractivity contribution < 1.29 is 4.39 Å². The molecule has 1 atom stereocenters. The maximum Gasteiger partial charge on any atom is 0.146 e. The SMILES string of the molecule is CCNC(c1ccc(Cl)cn1)c1ccncc1F. The maximum atomic E-state index is 13.8. The molecule has 1 unspecified atom stereocenters. The van der Waals surface area contributed by atoms with E-state index in [0.717, 1.165) is 5.69 Å². The van der Waals surface area contributed by atoms with Crippen molar-refractivity contribution in [2.45, 2.75) is 13.0 Å². The van der Waals surface area contributed by atoms with Gasteiger partial charge in [-0.05, 0) is 24.7 Å². The summed E-state index contributed by atoms with van der Waals surface area (Å²) in [5, 5.41) is 3.76. The molecule has 2 aromatic heterocycles. The molecule has 0 amide bonds. The van der Waals surface area contributed by atoms with Gasteiger partial charge in [-0.15, -0.1) is 0 Å². The number of pyridine rings is 2. The molecule has 0 saturated heterocycles. The maximum absolute atomic E-state index is 13.8. The fourth-order valence-electron chi connectivity index (χ4n) is 1.76. The van der Waals surface area contributed by atoms with Crippen LogP contribution in [0.25, 0.3) is 0 Å². The van der Waals surface area contributed by atoms with Crippen molar-refractivity contribution in [1.82, 2.24) is 15.3 Å². The predicted octanol–water partition coefficient (Wildman–Crippen LogP) is 2.97. The number of hydrogen-bond acceptors (Lipinski definition) is 3. The molecule has 1 N–H and O–H groups in total. The largest absolute Gasteiger partial charge is 0.305 e. The molecule has 0 saturated carbocycles. The van der Waals surface area contributed by atoms with Gasteiger partial charge in [0.25, 0.3) is 0 Å². The summed E-state index contributed by atoms with van der Waals surface area (Å²) < 4.78 is 13.8. The fraction of sp³-hybridized carbons (Fsp3) is 0.231. The molecule has 2 heterocycles. The molecule has 0 aromatic carbocycles. The van der Waals surface area contributed by atoms with Crippen LogP contribution in [0.5, 0.6) is 0 Å². The van der Waals surface area contributed by atoms with Gasteiger partial charge in [0, 0.05) is 18.0 Å². The molecule has 0 aliphatic heterocycles. The van der Waals surface area contributed by atoms with Gasteiger partial charge in [0.1, 0.15) is 5.82 Å². The molecule has 3 nitrogen and oxygen atoms in total. The van der Waals surface area contributed by atoms with Crippen molar-refractivity contribution >= 4 is 11.6 Å². The summed E-state index contributed by atoms with van der Waals surface area (Å²) in [6.45, 7) is 2.67. The second-order valence-electron chi connectivity index (χ2n) is 3.79. The van der Waals surface area contributed by atoms with Crippen LogP contribution < -0.4 is 5.32 Å². The highest BCUT2D eigenvalue weighted by Gasteiger charge is 2.17. The molecule has 2 aromatic rings. The van der Waals surface area contributed by atoms with Crippen LogP contribution in [0.3, 0.4) is 0 Å². The molecule has 0 bridgehead atoms. The van der Waals surface area contributed by atoms with Crippen LogP contribution in [0.4, 0.5) is 4.39 Å². The van der Waals surface area contributed by atoms with Crippen LogP contribution >= 0.6 is 11.6 Å². The number of hydrogen-bond donors (Lipinski definition) is 1. The van der Waals surface area contributed by atoms with Gasteiger partial charge in [-0.2, -0.15) is 0 Å². The molecule has 94 valence electrons. The highest BCUT2D eigenvalue weighted by atomic mass is 35.5. The molecule has 5 heteroatoms. The topological polar surface area (TPSA) is 37.8 Å². The van der Waals surface area contributed by atoms with E-state index in [1.165, 1.54) is 6.20 Å². The molecule has 0 aliphatic rings. The van der Waals surface area contributed by atoms with Crippen molar-refractivity contribution in [2.24, 2.45) is 0 Å². The molecule has 0 radical (unpaired) electrons. The lowest BCUT2D eigenvalue weighted by molar-refractivity contribution is 0.548. The first-order valence-corrected chi connectivity index (χ1v) is 6.04. The lowest BCUT2D eigenvalue weighted by atomic mass is 10.0. The van der Waals surface area contributed by atoms with Crippen LogP contribution in [-0.2, 0) is 0 Å². The number of halogens is 2. The molecule has 0 fully saturated rings. The monoisotopic (exact) mass is 265 g/mol. The first kappa shape index (κ1) is 12.9. The van der Waals surface area contributed by atoms with E-state index in [1.807, 2.05) is 6.92 Å². The van der Waals surface area contributed by atoms with Crippen LogP contribution in [0.2, 0.25) is 5.02 Å². The smallest absolute Gasteiger partial charge is 0.146 e. The van der Waals surface area contributed by atoms with Crippen LogP contribution in [-0.4, -0.2) is 16.5 Å². The zero-order valence-corrected chi connectivity index (χ0v) is 10.7. The van der Waals surface area contributed by atoms with Gasteiger partial charge < -0.3 is 5.32 Å². The average molecular weight is 266 g/mol. The molecular formula is C13H13ClFN3. The highest BCUT2D eigenvalue weighted by Crippen LogP contribution is 2.23. The normalized spacial score (nSPS) is 12.4. The Morgan fingerprint density at radius 1 is 1.33 bits per heavy atom. The quantitative estimate of drug-likeness (QED) is 0.924. The summed E-state index contributed by atoms with van der Waals surface area (Å²) >= 11 is 5.80. The summed E-state index contributed by atoms with van der Waals surface area (Å²) in [6.07, 6.45) is 4.33. The second-order valence-corrected chi connectivity index (χ2v) is 4.23. The number of aromatic nitrogens is 2. The third-order valence-electron chi connectivity index (χ3n) is 2.57. The van der Waals surface area contributed by atoms with Crippen molar-refractivity contribution in [3.63, 3.8) is 0 Å². The summed E-state index contributed by atoms with van der Waals surface area (Å²) in [7, 11) is 0. The van der Waals surface area contributed by atoms with Gasteiger partial charge in [0.15, 0.2) is 0 Å². The lowest BCUT2D eigenvalue weighted by Crippen LogP contribution is -2.24. The second kappa shape index (κ2) is 5.89. The first-order chi connectivity index (χ1) is 8.72. The summed E-state index contributed by atoms with van der Waals surface area (Å²) in [6, 6.07) is 4.89. The molecule has 2 rings (SSSR count). The van der Waals surface area contributed by atoms with Gasteiger partial charge in [-0.25, -0.2) is 4.39 Å². The van der Waals surface area contributed by atoms with E-state index in [0.29, 0.717) is 17.1 Å². The van der Waals surface area contributed by atoms with Crippen molar-refractivity contribution in [2.75, 3.05) is 6.54 Å². The standard InChI is InChI=1S/C13H13ClFN3/c1-2-17-13(10-5-6-16-8-11(10)15)12-4-3-9(14)7-18-12/h3-8,13,17H,2H2,1H3. The van der Waals surface area contributed by atoms with Gasteiger partial charge >= 0.3 is 0 Å². The van der Waals surface area contributed by atoms with E-state index in [-0.39, 0.29) is 11.9 Å². The minimum absolute atomic E-state index is 0.296. The lowest BCUT2D eigenvalue weighted by Gasteiger charge is -2.18. The number of nitrogens with zero attached hydrogens (tertiary/aromatic N) is 2. The van der Waals surface area contributed by atoms with E-state index in [9.17, 15) is 4.39 Å². The predicted molar refractivity (Wildman–Crippen MR) is 69.0 cm³/mol. The summed E-state index contributed by atoms with van der Waals surface area (Å²) in [4.78, 5) is 7.98. The van der Waals surface area contributed by atoms with Gasteiger partial charge in [-0.3, -0.25) is 9.97 Å². The molecule has 0 aliphatic carbocycles. The van der Waals surface area contributed by atoms with Gasteiger partial charge in [-0.1, -0.05) is 18.5 Å². The van der Waals surface area contributed by atoms with E-state index in [1.54, 1.807) is 30.6 Å². The van der Waals surface area contributed by atoms with Crippen LogP contribution in [0, 0.1) is 5.82 Å². The number of nitrogens with one attached hydrogen (secondary N) is 1. The average Bonchev–Trinajstić information content (AvgIpc) is 2.38. The van der Waals surface area contributed by atoms with E-state index in [4.69, 9.17) is 11.6 Å². The third-order valence-corrected chi connectivity index (χ3v) is 2.79. The van der Waals surface area contributed by atoms with Crippen molar-refractivity contribution in [3.8, 4) is 0 Å². The molecule has 18 heavy (non-hydrogen) atoms. The van der Waals surface area contributed by atoms with E-state index in [2.05, 4.69) is 15.3 Å². The highest BCUT2D eigenvalue weighted by molar-refractivity contribution is 6.30. The van der Waals surface area contributed by atoms with Gasteiger partial charge in [0.05, 0.1) is 23.0 Å². The van der Waals surface area contributed by atoms with Crippen molar-refractivity contribution in [1.29, 1.82) is 0 Å². The van der Waals surface area contributed by atoms with E-state index < -0.39 is 0 Å². The molecular weight excluding hydrogens is 253 g/mol. The first-order valence-electron chi connectivity index (χ1n) is 5.66.